The summed E-state index contributed by atoms with van der Waals surface area (Å²) in [5.41, 5.74) is 0.612. The second-order valence-corrected chi connectivity index (χ2v) is 3.67. The monoisotopic (exact) mass is 443 g/mol. The summed E-state index contributed by atoms with van der Waals surface area (Å²) in [6, 6.07) is 0. The summed E-state index contributed by atoms with van der Waals surface area (Å²) in [5.74, 6) is 2.11. The molecule has 1 radical (unpaired) electrons. The van der Waals surface area contributed by atoms with Crippen LogP contribution in [0.2, 0.25) is 0 Å². The van der Waals surface area contributed by atoms with Gasteiger partial charge in [0.25, 0.3) is 0 Å². The van der Waals surface area contributed by atoms with Crippen LogP contribution in [0.15, 0.2) is 0 Å². The summed E-state index contributed by atoms with van der Waals surface area (Å²) in [7, 11) is 1.98. The zero-order valence-electron chi connectivity index (χ0n) is 10.4. The average Bonchev–Trinajstić information content (AvgIpc) is 2.64. The fourth-order valence-corrected chi connectivity index (χ4v) is 1.71. The van der Waals surface area contributed by atoms with Crippen molar-refractivity contribution in [1.82, 2.24) is 20.2 Å². The van der Waals surface area contributed by atoms with Gasteiger partial charge < -0.3 is 19.7 Å². The minimum atomic E-state index is -1.75. The van der Waals surface area contributed by atoms with Crippen LogP contribution in [-0.4, -0.2) is 42.2 Å². The minimum Gasteiger partial charge on any atom is -0.475 e. The quantitative estimate of drug-likeness (QED) is 0.607. The molecule has 2 aromatic rings. The fourth-order valence-electron chi connectivity index (χ4n) is 1.71. The summed E-state index contributed by atoms with van der Waals surface area (Å²) in [4.78, 5) is 10.7. The molecule has 1 aliphatic heterocycles. The van der Waals surface area contributed by atoms with Crippen molar-refractivity contribution < 1.29 is 33.9 Å². The summed E-state index contributed by atoms with van der Waals surface area (Å²) in [5, 5.41) is 8.75. The SMILES string of the molecule is Cc1nc2c3c(n[n-]c3n1)OCCN2C.FCF.[Re]. The molecule has 0 saturated carbocycles. The molecule has 0 aliphatic carbocycles. The third-order valence-electron chi connectivity index (χ3n) is 2.46. The van der Waals surface area contributed by atoms with E-state index in [1.165, 1.54) is 0 Å². The molecule has 1 aliphatic rings. The van der Waals surface area contributed by atoms with Gasteiger partial charge in [-0.05, 0) is 12.6 Å². The molecular weight excluding hydrogens is 430 g/mol. The molecule has 0 spiro atoms. The van der Waals surface area contributed by atoms with Gasteiger partial charge in [0.1, 0.15) is 12.4 Å². The van der Waals surface area contributed by atoms with Crippen LogP contribution in [0, 0.1) is 6.92 Å². The number of alkyl halides is 2. The fraction of sp³-hybridized carbons (Fsp3) is 0.500. The minimum absolute atomic E-state index is 0. The first-order valence-corrected chi connectivity index (χ1v) is 5.31. The van der Waals surface area contributed by atoms with Crippen LogP contribution in [0.1, 0.15) is 5.82 Å². The first-order valence-electron chi connectivity index (χ1n) is 5.31. The number of aryl methyl sites for hydroxylation is 1. The summed E-state index contributed by atoms with van der Waals surface area (Å²) < 4.78 is 24.7. The van der Waals surface area contributed by atoms with Crippen LogP contribution in [0.4, 0.5) is 14.6 Å². The van der Waals surface area contributed by atoms with Gasteiger partial charge in [-0.2, -0.15) is 0 Å². The van der Waals surface area contributed by atoms with E-state index >= 15 is 0 Å². The molecule has 0 amide bonds. The molecule has 3 rings (SSSR count). The number of likely N-dealkylation sites (N-methyl/N-ethyl adjacent to an activating group) is 1. The van der Waals surface area contributed by atoms with Crippen molar-refractivity contribution in [2.45, 2.75) is 6.92 Å². The van der Waals surface area contributed by atoms with Crippen LogP contribution < -0.4 is 14.7 Å². The molecule has 9 heteroatoms. The van der Waals surface area contributed by atoms with Gasteiger partial charge in [0.2, 0.25) is 12.8 Å². The summed E-state index contributed by atoms with van der Waals surface area (Å²) in [6.45, 7) is 1.49. The molecular formula is C10H12F2N5ORe-. The zero-order valence-corrected chi connectivity index (χ0v) is 13.1. The second-order valence-electron chi connectivity index (χ2n) is 3.67. The number of hydrogen-bond donors (Lipinski definition) is 0. The molecule has 0 atom stereocenters. The smallest absolute Gasteiger partial charge is 0.229 e. The van der Waals surface area contributed by atoms with Crippen LogP contribution in [0.3, 0.4) is 0 Å². The maximum Gasteiger partial charge on any atom is 0.229 e. The normalized spacial score (nSPS) is 12.9. The molecule has 6 nitrogen and oxygen atoms in total. The van der Waals surface area contributed by atoms with E-state index in [0.717, 1.165) is 17.7 Å². The van der Waals surface area contributed by atoms with Crippen molar-refractivity contribution in [2.75, 3.05) is 32.0 Å². The van der Waals surface area contributed by atoms with Gasteiger partial charge in [-0.25, -0.2) is 18.9 Å². The zero-order chi connectivity index (χ0) is 13.1. The third-order valence-corrected chi connectivity index (χ3v) is 2.46. The molecule has 0 saturated heterocycles. The number of aromatic nitrogens is 4. The molecule has 0 bridgehead atoms. The van der Waals surface area contributed by atoms with Crippen LogP contribution in [0.5, 0.6) is 5.88 Å². The molecule has 105 valence electrons. The molecule has 3 heterocycles. The van der Waals surface area contributed by atoms with Crippen LogP contribution >= 0.6 is 0 Å². The number of rotatable bonds is 0. The van der Waals surface area contributed by atoms with E-state index in [-0.39, 0.29) is 20.4 Å². The number of halogens is 2. The van der Waals surface area contributed by atoms with Gasteiger partial charge in [0, 0.05) is 33.3 Å². The number of anilines is 1. The Bertz CT molecular complexity index is 550. The van der Waals surface area contributed by atoms with Gasteiger partial charge in [0.05, 0.1) is 11.9 Å². The van der Waals surface area contributed by atoms with Crippen molar-refractivity contribution >= 4 is 16.9 Å². The maximum absolute atomic E-state index is 9.62. The van der Waals surface area contributed by atoms with E-state index in [2.05, 4.69) is 20.2 Å². The molecule has 0 fully saturated rings. The van der Waals surface area contributed by atoms with E-state index in [9.17, 15) is 8.78 Å². The Kier molecular flexibility index (Phi) is 5.57. The third kappa shape index (κ3) is 3.17. The van der Waals surface area contributed by atoms with Crippen molar-refractivity contribution in [1.29, 1.82) is 0 Å². The van der Waals surface area contributed by atoms with Crippen LogP contribution in [0.25, 0.3) is 11.0 Å². The van der Waals surface area contributed by atoms with E-state index in [1.54, 1.807) is 0 Å². The number of hydrogen-bond acceptors (Lipinski definition) is 5. The molecule has 0 aromatic carbocycles. The van der Waals surface area contributed by atoms with Gasteiger partial charge >= 0.3 is 0 Å². The predicted octanol–water partition coefficient (Wildman–Crippen LogP) is 0.999. The van der Waals surface area contributed by atoms with E-state index in [0.29, 0.717) is 24.0 Å². The average molecular weight is 442 g/mol. The van der Waals surface area contributed by atoms with Crippen LogP contribution in [-0.2, 0) is 20.4 Å². The maximum atomic E-state index is 9.62. The first kappa shape index (κ1) is 15.7. The summed E-state index contributed by atoms with van der Waals surface area (Å²) >= 11 is 0. The first-order chi connectivity index (χ1) is 8.67. The van der Waals surface area contributed by atoms with Gasteiger partial charge in [-0.3, -0.25) is 0 Å². The Morgan fingerprint density at radius 2 is 2.05 bits per heavy atom. The topological polar surface area (TPSA) is 65.2 Å². The second kappa shape index (κ2) is 6.73. The Labute approximate surface area is 122 Å². The predicted molar refractivity (Wildman–Crippen MR) is 61.2 cm³/mol. The van der Waals surface area contributed by atoms with Crippen molar-refractivity contribution in [3.63, 3.8) is 0 Å². The molecule has 19 heavy (non-hydrogen) atoms. The van der Waals surface area contributed by atoms with Gasteiger partial charge in [-0.1, -0.05) is 0 Å². The summed E-state index contributed by atoms with van der Waals surface area (Å²) in [6.07, 6.45) is 0. The van der Waals surface area contributed by atoms with Gasteiger partial charge in [-0.15, -0.1) is 0 Å². The molecule has 0 unspecified atom stereocenters. The Morgan fingerprint density at radius 1 is 1.37 bits per heavy atom. The van der Waals surface area contributed by atoms with E-state index in [1.807, 2.05) is 18.9 Å². The van der Waals surface area contributed by atoms with Gasteiger partial charge in [0.15, 0.2) is 0 Å². The largest absolute Gasteiger partial charge is 0.475 e. The van der Waals surface area contributed by atoms with Crippen molar-refractivity contribution in [2.24, 2.45) is 0 Å². The molecule has 0 N–H and O–H groups in total. The Hall–Kier alpha value is -1.33. The Balaban J connectivity index is 0.000000416. The Morgan fingerprint density at radius 3 is 2.74 bits per heavy atom. The van der Waals surface area contributed by atoms with Crippen molar-refractivity contribution in [3.05, 3.63) is 5.82 Å². The molecule has 2 aromatic heterocycles. The van der Waals surface area contributed by atoms with E-state index < -0.39 is 6.93 Å². The van der Waals surface area contributed by atoms with Crippen molar-refractivity contribution in [3.8, 4) is 5.88 Å². The number of nitrogens with zero attached hydrogens (tertiary/aromatic N) is 5. The standard InChI is InChI=1S/C9H10N5O.CH2F2.Re/c1-5-10-7-6-8(11-5)14(2)3-4-15-9(6)13-12-7;2-1-3;/h3-4H2,1-2H3;1H2;/q-1;;. The van der Waals surface area contributed by atoms with E-state index in [4.69, 9.17) is 4.74 Å². The number of ether oxygens (including phenoxy) is 1.